The van der Waals surface area contributed by atoms with Gasteiger partial charge < -0.3 is 5.32 Å². The number of nitrogens with zero attached hydrogens (tertiary/aromatic N) is 2. The van der Waals surface area contributed by atoms with Gasteiger partial charge in [0.25, 0.3) is 0 Å². The third-order valence-corrected chi connectivity index (χ3v) is 3.95. The van der Waals surface area contributed by atoms with Crippen LogP contribution in [0.1, 0.15) is 31.5 Å². The number of halogens is 1. The molecule has 2 rings (SSSR count). The molecule has 0 aromatic carbocycles. The Balaban J connectivity index is 2.08. The second kappa shape index (κ2) is 4.03. The van der Waals surface area contributed by atoms with Gasteiger partial charge in [0.15, 0.2) is 0 Å². The summed E-state index contributed by atoms with van der Waals surface area (Å²) in [4.78, 5) is 4.30. The molecule has 1 fully saturated rings. The fraction of sp³-hybridized carbons (Fsp3) is 0.778. The van der Waals surface area contributed by atoms with Crippen molar-refractivity contribution in [1.29, 1.82) is 0 Å². The van der Waals surface area contributed by atoms with E-state index in [2.05, 4.69) is 14.7 Å². The van der Waals surface area contributed by atoms with Gasteiger partial charge in [0.05, 0.1) is 5.54 Å². The van der Waals surface area contributed by atoms with Crippen LogP contribution in [0.3, 0.4) is 0 Å². The molecule has 1 aliphatic carbocycles. The quantitative estimate of drug-likeness (QED) is 0.813. The molecule has 1 aromatic heterocycles. The summed E-state index contributed by atoms with van der Waals surface area (Å²) in [5.41, 5.74) is 0.0769. The van der Waals surface area contributed by atoms with Crippen LogP contribution in [0.5, 0.6) is 0 Å². The third-order valence-electron chi connectivity index (χ3n) is 2.72. The molecule has 0 unspecified atom stereocenters. The summed E-state index contributed by atoms with van der Waals surface area (Å²) >= 11 is 7.43. The van der Waals surface area contributed by atoms with E-state index in [0.717, 1.165) is 23.8 Å². The lowest BCUT2D eigenvalue weighted by Crippen LogP contribution is -2.36. The average Bonchev–Trinajstić information content (AvgIpc) is 2.77. The molecule has 3 nitrogen and oxygen atoms in total. The van der Waals surface area contributed by atoms with Gasteiger partial charge in [-0.2, -0.15) is 4.37 Å². The minimum Gasteiger partial charge on any atom is -0.354 e. The van der Waals surface area contributed by atoms with Crippen molar-refractivity contribution in [2.75, 3.05) is 11.2 Å². The number of nitrogens with one attached hydrogen (secondary N) is 1. The summed E-state index contributed by atoms with van der Waals surface area (Å²) in [5, 5.41) is 4.35. The number of aromatic nitrogens is 2. The van der Waals surface area contributed by atoms with E-state index in [1.807, 2.05) is 6.92 Å². The molecule has 1 heterocycles. The predicted molar refractivity (Wildman–Crippen MR) is 60.2 cm³/mol. The van der Waals surface area contributed by atoms with Gasteiger partial charge in [-0.05, 0) is 19.8 Å². The first-order valence-electron chi connectivity index (χ1n) is 4.89. The van der Waals surface area contributed by atoms with E-state index in [1.165, 1.54) is 24.4 Å². The highest BCUT2D eigenvalue weighted by molar-refractivity contribution is 7.09. The molecule has 78 valence electrons. The Morgan fingerprint density at radius 2 is 2.21 bits per heavy atom. The molecular weight excluding hydrogens is 218 g/mol. The van der Waals surface area contributed by atoms with Crippen molar-refractivity contribution >= 4 is 28.3 Å². The number of alkyl halides is 1. The van der Waals surface area contributed by atoms with Gasteiger partial charge in [0, 0.05) is 17.4 Å². The lowest BCUT2D eigenvalue weighted by molar-refractivity contribution is 0.539. The van der Waals surface area contributed by atoms with Gasteiger partial charge in [-0.25, -0.2) is 4.98 Å². The maximum atomic E-state index is 6.02. The monoisotopic (exact) mass is 231 g/mol. The molecule has 1 aliphatic rings. The van der Waals surface area contributed by atoms with Crippen molar-refractivity contribution in [2.45, 2.75) is 38.1 Å². The minimum atomic E-state index is 0.0769. The topological polar surface area (TPSA) is 37.8 Å². The van der Waals surface area contributed by atoms with Crippen molar-refractivity contribution in [1.82, 2.24) is 9.36 Å². The van der Waals surface area contributed by atoms with Crippen LogP contribution in [0.25, 0.3) is 0 Å². The number of aryl methyl sites for hydroxylation is 1. The molecule has 0 aliphatic heterocycles. The summed E-state index contributed by atoms with van der Waals surface area (Å²) in [6.45, 7) is 1.91. The van der Waals surface area contributed by atoms with Crippen LogP contribution in [0.2, 0.25) is 0 Å². The summed E-state index contributed by atoms with van der Waals surface area (Å²) in [5.74, 6) is 1.49. The highest BCUT2D eigenvalue weighted by Crippen LogP contribution is 2.34. The molecular formula is C9H14ClN3S. The summed E-state index contributed by atoms with van der Waals surface area (Å²) in [6, 6.07) is 0. The summed E-state index contributed by atoms with van der Waals surface area (Å²) in [6.07, 6.45) is 4.82. The molecule has 5 heteroatoms. The van der Waals surface area contributed by atoms with E-state index in [-0.39, 0.29) is 5.54 Å². The first kappa shape index (κ1) is 10.2. The molecule has 0 amide bonds. The van der Waals surface area contributed by atoms with Gasteiger partial charge >= 0.3 is 0 Å². The molecule has 0 bridgehead atoms. The van der Waals surface area contributed by atoms with E-state index < -0.39 is 0 Å². The Labute approximate surface area is 93.1 Å². The average molecular weight is 232 g/mol. The van der Waals surface area contributed by atoms with Crippen LogP contribution in [0.4, 0.5) is 5.13 Å². The standard InChI is InChI=1S/C9H14ClN3S/c1-7-11-8(14-13-7)12-9(6-10)4-2-3-5-9/h2-6H2,1H3,(H,11,12,13). The van der Waals surface area contributed by atoms with E-state index in [1.54, 1.807) is 0 Å². The fourth-order valence-corrected chi connectivity index (χ4v) is 2.95. The largest absolute Gasteiger partial charge is 0.354 e. The van der Waals surface area contributed by atoms with Crippen LogP contribution in [-0.2, 0) is 0 Å². The lowest BCUT2D eigenvalue weighted by Gasteiger charge is -2.27. The smallest absolute Gasteiger partial charge is 0.203 e. The second-order valence-electron chi connectivity index (χ2n) is 3.89. The van der Waals surface area contributed by atoms with Gasteiger partial charge in [-0.1, -0.05) is 12.8 Å². The zero-order valence-corrected chi connectivity index (χ0v) is 9.79. The lowest BCUT2D eigenvalue weighted by atomic mass is 10.0. The molecule has 0 atom stereocenters. The maximum absolute atomic E-state index is 6.02. The normalized spacial score (nSPS) is 19.9. The van der Waals surface area contributed by atoms with Crippen molar-refractivity contribution in [3.63, 3.8) is 0 Å². The summed E-state index contributed by atoms with van der Waals surface area (Å²) < 4.78 is 4.15. The first-order valence-corrected chi connectivity index (χ1v) is 6.19. The van der Waals surface area contributed by atoms with E-state index in [9.17, 15) is 0 Å². The predicted octanol–water partition coefficient (Wildman–Crippen LogP) is 2.81. The van der Waals surface area contributed by atoms with Gasteiger partial charge in [0.1, 0.15) is 5.82 Å². The zero-order valence-electron chi connectivity index (χ0n) is 8.22. The highest BCUT2D eigenvalue weighted by atomic mass is 35.5. The van der Waals surface area contributed by atoms with Crippen LogP contribution in [-0.4, -0.2) is 20.8 Å². The third kappa shape index (κ3) is 2.01. The Kier molecular flexibility index (Phi) is 2.93. The van der Waals surface area contributed by atoms with Crippen molar-refractivity contribution < 1.29 is 0 Å². The molecule has 0 saturated heterocycles. The van der Waals surface area contributed by atoms with Crippen molar-refractivity contribution in [2.24, 2.45) is 0 Å². The number of hydrogen-bond acceptors (Lipinski definition) is 4. The highest BCUT2D eigenvalue weighted by Gasteiger charge is 2.33. The fourth-order valence-electron chi connectivity index (χ4n) is 1.92. The Morgan fingerprint density at radius 3 is 2.71 bits per heavy atom. The van der Waals surface area contributed by atoms with Crippen LogP contribution in [0, 0.1) is 6.92 Å². The molecule has 1 saturated carbocycles. The molecule has 1 aromatic rings. The molecule has 14 heavy (non-hydrogen) atoms. The molecule has 1 N–H and O–H groups in total. The number of hydrogen-bond donors (Lipinski definition) is 1. The van der Waals surface area contributed by atoms with Crippen LogP contribution < -0.4 is 5.32 Å². The zero-order chi connectivity index (χ0) is 10.0. The van der Waals surface area contributed by atoms with E-state index in [0.29, 0.717) is 5.88 Å². The number of rotatable bonds is 3. The Morgan fingerprint density at radius 1 is 1.50 bits per heavy atom. The SMILES string of the molecule is Cc1nsc(NC2(CCl)CCCC2)n1. The molecule has 0 radical (unpaired) electrons. The first-order chi connectivity index (χ1) is 6.74. The van der Waals surface area contributed by atoms with E-state index >= 15 is 0 Å². The van der Waals surface area contributed by atoms with Crippen molar-refractivity contribution in [3.05, 3.63) is 5.82 Å². The maximum Gasteiger partial charge on any atom is 0.203 e. The Bertz CT molecular complexity index is 307. The van der Waals surface area contributed by atoms with Crippen LogP contribution >= 0.6 is 23.1 Å². The van der Waals surface area contributed by atoms with Gasteiger partial charge in [-0.3, -0.25) is 0 Å². The van der Waals surface area contributed by atoms with E-state index in [4.69, 9.17) is 11.6 Å². The van der Waals surface area contributed by atoms with Gasteiger partial charge in [0.2, 0.25) is 5.13 Å². The molecule has 0 spiro atoms. The van der Waals surface area contributed by atoms with Crippen molar-refractivity contribution in [3.8, 4) is 0 Å². The summed E-state index contributed by atoms with van der Waals surface area (Å²) in [7, 11) is 0. The Hall–Kier alpha value is -0.350. The number of anilines is 1. The van der Waals surface area contributed by atoms with Crippen LogP contribution in [0.15, 0.2) is 0 Å². The van der Waals surface area contributed by atoms with Gasteiger partial charge in [-0.15, -0.1) is 11.6 Å². The minimum absolute atomic E-state index is 0.0769. The second-order valence-corrected chi connectivity index (χ2v) is 4.91.